The molecule has 0 spiro atoms. The minimum atomic E-state index is -4.68. The van der Waals surface area contributed by atoms with Crippen LogP contribution in [-0.2, 0) is 4.74 Å². The summed E-state index contributed by atoms with van der Waals surface area (Å²) in [6.45, 7) is 1.90. The molecule has 3 nitrogen and oxygen atoms in total. The van der Waals surface area contributed by atoms with E-state index in [9.17, 15) is 13.2 Å². The van der Waals surface area contributed by atoms with Crippen LogP contribution in [0.2, 0.25) is 0 Å². The molecule has 0 amide bonds. The van der Waals surface area contributed by atoms with Crippen LogP contribution < -0.4 is 9.47 Å². The van der Waals surface area contributed by atoms with Crippen molar-refractivity contribution in [3.63, 3.8) is 0 Å². The monoisotopic (exact) mass is 368 g/mol. The highest BCUT2D eigenvalue weighted by Crippen LogP contribution is 2.33. The fraction of sp³-hybridized carbons (Fsp3) is 0.571. The van der Waals surface area contributed by atoms with E-state index in [1.165, 1.54) is 24.3 Å². The van der Waals surface area contributed by atoms with E-state index in [0.717, 1.165) is 18.2 Å². The molecule has 1 fully saturated rings. The minimum absolute atomic E-state index is 0.0133. The van der Waals surface area contributed by atoms with Crippen molar-refractivity contribution >= 4 is 15.9 Å². The normalized spacial score (nSPS) is 18.3. The van der Waals surface area contributed by atoms with E-state index in [1.54, 1.807) is 0 Å². The fourth-order valence-electron chi connectivity index (χ4n) is 2.09. The van der Waals surface area contributed by atoms with Crippen molar-refractivity contribution in [2.45, 2.75) is 19.2 Å². The molecule has 0 N–H and O–H groups in total. The number of ether oxygens (including phenoxy) is 3. The Morgan fingerprint density at radius 1 is 1.10 bits per heavy atom. The molecule has 0 atom stereocenters. The molecule has 118 valence electrons. The topological polar surface area (TPSA) is 27.7 Å². The van der Waals surface area contributed by atoms with Crippen molar-refractivity contribution in [3.8, 4) is 11.5 Å². The Hall–Kier alpha value is -0.950. The average molecular weight is 369 g/mol. The fourth-order valence-corrected chi connectivity index (χ4v) is 2.82. The van der Waals surface area contributed by atoms with Gasteiger partial charge in [-0.25, -0.2) is 0 Å². The molecule has 0 unspecified atom stereocenters. The van der Waals surface area contributed by atoms with Gasteiger partial charge in [-0.3, -0.25) is 0 Å². The van der Waals surface area contributed by atoms with Gasteiger partial charge in [0.1, 0.15) is 11.5 Å². The second-order valence-corrected chi connectivity index (χ2v) is 5.61. The quantitative estimate of drug-likeness (QED) is 0.730. The average Bonchev–Trinajstić information content (AvgIpc) is 2.46. The van der Waals surface area contributed by atoms with Crippen molar-refractivity contribution < 1.29 is 27.4 Å². The zero-order valence-electron chi connectivity index (χ0n) is 11.3. The summed E-state index contributed by atoms with van der Waals surface area (Å²) in [5.74, 6) is 0.271. The highest BCUT2D eigenvalue weighted by atomic mass is 79.9. The SMILES string of the molecule is FC(F)(F)Oc1ccc(OCC2(CBr)CCOCC2)cc1. The van der Waals surface area contributed by atoms with E-state index in [4.69, 9.17) is 9.47 Å². The zero-order chi connectivity index (χ0) is 15.3. The first-order chi connectivity index (χ1) is 9.92. The summed E-state index contributed by atoms with van der Waals surface area (Å²) in [6, 6.07) is 5.44. The van der Waals surface area contributed by atoms with E-state index >= 15 is 0 Å². The van der Waals surface area contributed by atoms with Crippen molar-refractivity contribution in [3.05, 3.63) is 24.3 Å². The molecular weight excluding hydrogens is 353 g/mol. The minimum Gasteiger partial charge on any atom is -0.493 e. The number of hydrogen-bond donors (Lipinski definition) is 0. The van der Waals surface area contributed by atoms with Gasteiger partial charge in [0.05, 0.1) is 6.61 Å². The Labute approximate surface area is 129 Å². The summed E-state index contributed by atoms with van der Waals surface area (Å²) in [5.41, 5.74) is 0.0133. The maximum Gasteiger partial charge on any atom is 0.573 e. The van der Waals surface area contributed by atoms with Gasteiger partial charge in [-0.05, 0) is 37.1 Å². The first kappa shape index (κ1) is 16.4. The van der Waals surface area contributed by atoms with Crippen molar-refractivity contribution in [1.82, 2.24) is 0 Å². The summed E-state index contributed by atoms with van der Waals surface area (Å²) in [7, 11) is 0. The van der Waals surface area contributed by atoms with Crippen LogP contribution in [0.4, 0.5) is 13.2 Å². The van der Waals surface area contributed by atoms with Crippen LogP contribution in [0.3, 0.4) is 0 Å². The van der Waals surface area contributed by atoms with Crippen LogP contribution in [0, 0.1) is 5.41 Å². The van der Waals surface area contributed by atoms with Gasteiger partial charge < -0.3 is 14.2 Å². The molecule has 1 aliphatic heterocycles. The standard InChI is InChI=1S/C14H16BrF3O3/c15-9-13(5-7-19-8-6-13)10-20-11-1-3-12(4-2-11)21-14(16,17)18/h1-4H,5-10H2. The van der Waals surface area contributed by atoms with Crippen LogP contribution >= 0.6 is 15.9 Å². The van der Waals surface area contributed by atoms with Gasteiger partial charge >= 0.3 is 6.36 Å². The number of rotatable bonds is 5. The van der Waals surface area contributed by atoms with Gasteiger partial charge in [0.15, 0.2) is 0 Å². The third kappa shape index (κ3) is 5.07. The molecule has 0 aromatic heterocycles. The molecule has 0 bridgehead atoms. The molecular formula is C14H16BrF3O3. The molecule has 21 heavy (non-hydrogen) atoms. The Balaban J connectivity index is 1.91. The smallest absolute Gasteiger partial charge is 0.493 e. The van der Waals surface area contributed by atoms with Gasteiger partial charge in [0.2, 0.25) is 0 Å². The molecule has 0 aliphatic carbocycles. The zero-order valence-corrected chi connectivity index (χ0v) is 12.9. The predicted molar refractivity (Wildman–Crippen MR) is 74.9 cm³/mol. The predicted octanol–water partition coefficient (Wildman–Crippen LogP) is 4.16. The molecule has 1 saturated heterocycles. The van der Waals surface area contributed by atoms with E-state index in [0.29, 0.717) is 25.6 Å². The lowest BCUT2D eigenvalue weighted by molar-refractivity contribution is -0.274. The molecule has 2 rings (SSSR count). The molecule has 0 radical (unpaired) electrons. The van der Waals surface area contributed by atoms with Crippen molar-refractivity contribution in [1.29, 1.82) is 0 Å². The first-order valence-electron chi connectivity index (χ1n) is 6.55. The molecule has 1 aromatic carbocycles. The first-order valence-corrected chi connectivity index (χ1v) is 7.67. The van der Waals surface area contributed by atoms with E-state index < -0.39 is 6.36 Å². The Kier molecular flexibility index (Phi) is 5.37. The van der Waals surface area contributed by atoms with Gasteiger partial charge in [0, 0.05) is 24.0 Å². The third-order valence-corrected chi connectivity index (χ3v) is 4.63. The van der Waals surface area contributed by atoms with Crippen molar-refractivity contribution in [2.24, 2.45) is 5.41 Å². The number of halogens is 4. The Morgan fingerprint density at radius 3 is 2.19 bits per heavy atom. The largest absolute Gasteiger partial charge is 0.573 e. The van der Waals surface area contributed by atoms with Gasteiger partial charge in [0.25, 0.3) is 0 Å². The van der Waals surface area contributed by atoms with Crippen LogP contribution in [-0.4, -0.2) is 31.5 Å². The van der Waals surface area contributed by atoms with E-state index in [1.807, 2.05) is 0 Å². The second kappa shape index (κ2) is 6.87. The van der Waals surface area contributed by atoms with E-state index in [-0.39, 0.29) is 11.2 Å². The summed E-state index contributed by atoms with van der Waals surface area (Å²) in [5, 5.41) is 0.804. The number of benzene rings is 1. The van der Waals surface area contributed by atoms with Gasteiger partial charge in [-0.2, -0.15) is 0 Å². The molecule has 7 heteroatoms. The Morgan fingerprint density at radius 2 is 1.67 bits per heavy atom. The number of hydrogen-bond acceptors (Lipinski definition) is 3. The summed E-state index contributed by atoms with van der Waals surface area (Å²) in [4.78, 5) is 0. The van der Waals surface area contributed by atoms with Crippen LogP contribution in [0.15, 0.2) is 24.3 Å². The van der Waals surface area contributed by atoms with E-state index in [2.05, 4.69) is 20.7 Å². The molecule has 1 aliphatic rings. The van der Waals surface area contributed by atoms with Gasteiger partial charge in [-0.15, -0.1) is 13.2 Å². The maximum atomic E-state index is 12.1. The second-order valence-electron chi connectivity index (χ2n) is 5.05. The highest BCUT2D eigenvalue weighted by molar-refractivity contribution is 9.09. The van der Waals surface area contributed by atoms with Crippen molar-refractivity contribution in [2.75, 3.05) is 25.2 Å². The summed E-state index contributed by atoms with van der Waals surface area (Å²) >= 11 is 3.51. The molecule has 1 heterocycles. The maximum absolute atomic E-state index is 12.1. The number of alkyl halides is 4. The lowest BCUT2D eigenvalue weighted by Gasteiger charge is -2.35. The third-order valence-electron chi connectivity index (χ3n) is 3.44. The molecule has 1 aromatic rings. The van der Waals surface area contributed by atoms with Crippen LogP contribution in [0.25, 0.3) is 0 Å². The van der Waals surface area contributed by atoms with Gasteiger partial charge in [-0.1, -0.05) is 15.9 Å². The highest BCUT2D eigenvalue weighted by Gasteiger charge is 2.33. The summed E-state index contributed by atoms with van der Waals surface area (Å²) < 4.78 is 51.0. The molecule has 0 saturated carbocycles. The lowest BCUT2D eigenvalue weighted by Crippen LogP contribution is -2.36. The summed E-state index contributed by atoms with van der Waals surface area (Å²) in [6.07, 6.45) is -2.88. The Bertz CT molecular complexity index is 442. The lowest BCUT2D eigenvalue weighted by atomic mass is 9.83. The van der Waals surface area contributed by atoms with Crippen LogP contribution in [0.5, 0.6) is 11.5 Å². The van der Waals surface area contributed by atoms with Crippen LogP contribution in [0.1, 0.15) is 12.8 Å².